The van der Waals surface area contributed by atoms with Gasteiger partial charge in [0.25, 0.3) is 11.8 Å². The zero-order chi connectivity index (χ0) is 18.5. The molecule has 136 valence electrons. The minimum absolute atomic E-state index is 0.163. The van der Waals surface area contributed by atoms with Crippen LogP contribution in [0.4, 0.5) is 5.69 Å². The Morgan fingerprint density at radius 2 is 2.12 bits per heavy atom. The van der Waals surface area contributed by atoms with Crippen LogP contribution >= 0.6 is 11.3 Å². The van der Waals surface area contributed by atoms with E-state index in [-0.39, 0.29) is 12.5 Å². The summed E-state index contributed by atoms with van der Waals surface area (Å²) in [4.78, 5) is 38.9. The number of hydrogen-bond donors (Lipinski definition) is 1. The van der Waals surface area contributed by atoms with Gasteiger partial charge in [-0.2, -0.15) is 0 Å². The number of carbonyl (C=O) groups excluding carboxylic acids is 3. The van der Waals surface area contributed by atoms with Crippen LogP contribution in [0.2, 0.25) is 0 Å². The monoisotopic (exact) mass is 372 g/mol. The van der Waals surface area contributed by atoms with Gasteiger partial charge in [-0.05, 0) is 48.9 Å². The lowest BCUT2D eigenvalue weighted by molar-refractivity contribution is -0.151. The number of esters is 1. The summed E-state index contributed by atoms with van der Waals surface area (Å²) in [5, 5.41) is 4.52. The number of ether oxygens (including phenoxy) is 1. The highest BCUT2D eigenvalue weighted by Crippen LogP contribution is 2.23. The van der Waals surface area contributed by atoms with Crippen LogP contribution in [0.5, 0.6) is 0 Å². The number of carbonyl (C=O) groups is 3. The number of thiophene rings is 1. The van der Waals surface area contributed by atoms with E-state index in [1.54, 1.807) is 18.2 Å². The molecule has 0 unspecified atom stereocenters. The minimum atomic E-state index is -0.628. The van der Waals surface area contributed by atoms with Crippen molar-refractivity contribution in [1.82, 2.24) is 4.90 Å². The van der Waals surface area contributed by atoms with Crippen molar-refractivity contribution in [2.45, 2.75) is 25.8 Å². The lowest BCUT2D eigenvalue weighted by Gasteiger charge is -2.22. The highest BCUT2D eigenvalue weighted by Gasteiger charge is 2.36. The van der Waals surface area contributed by atoms with E-state index in [1.807, 2.05) is 30.5 Å². The van der Waals surface area contributed by atoms with Gasteiger partial charge in [0.2, 0.25) is 0 Å². The molecule has 1 aliphatic heterocycles. The quantitative estimate of drug-likeness (QED) is 0.819. The van der Waals surface area contributed by atoms with E-state index in [2.05, 4.69) is 5.32 Å². The number of anilines is 1. The molecule has 0 radical (unpaired) electrons. The van der Waals surface area contributed by atoms with Crippen LogP contribution in [0.25, 0.3) is 0 Å². The van der Waals surface area contributed by atoms with Crippen molar-refractivity contribution in [3.63, 3.8) is 0 Å². The van der Waals surface area contributed by atoms with Gasteiger partial charge >= 0.3 is 5.97 Å². The molecular formula is C19H20N2O4S. The number of amides is 2. The second-order valence-electron chi connectivity index (χ2n) is 6.16. The molecule has 26 heavy (non-hydrogen) atoms. The van der Waals surface area contributed by atoms with Gasteiger partial charge in [-0.25, -0.2) is 4.79 Å². The van der Waals surface area contributed by atoms with E-state index in [0.29, 0.717) is 23.5 Å². The van der Waals surface area contributed by atoms with Crippen molar-refractivity contribution >= 4 is 34.8 Å². The summed E-state index contributed by atoms with van der Waals surface area (Å²) in [6, 6.07) is 10.3. The Balaban J connectivity index is 1.54. The standard InChI is InChI=1S/C19H20N2O4S/c1-13-5-2-6-14(11-13)20-17(22)12-25-19(24)15-7-3-9-21(15)18(23)16-8-4-10-26-16/h2,4-6,8,10-11,15H,3,7,9,12H2,1H3,(H,20,22)/t15-/m0/s1. The van der Waals surface area contributed by atoms with Gasteiger partial charge in [0.05, 0.1) is 4.88 Å². The van der Waals surface area contributed by atoms with Crippen LogP contribution < -0.4 is 5.32 Å². The predicted molar refractivity (Wildman–Crippen MR) is 99.1 cm³/mol. The van der Waals surface area contributed by atoms with Crippen molar-refractivity contribution < 1.29 is 19.1 Å². The Morgan fingerprint density at radius 3 is 2.85 bits per heavy atom. The van der Waals surface area contributed by atoms with Crippen LogP contribution in [0.15, 0.2) is 41.8 Å². The Hall–Kier alpha value is -2.67. The summed E-state index contributed by atoms with van der Waals surface area (Å²) in [7, 11) is 0. The van der Waals surface area contributed by atoms with Crippen molar-refractivity contribution in [3.8, 4) is 0 Å². The first-order valence-corrected chi connectivity index (χ1v) is 9.30. The van der Waals surface area contributed by atoms with Gasteiger partial charge in [0.1, 0.15) is 6.04 Å². The maximum Gasteiger partial charge on any atom is 0.329 e. The number of likely N-dealkylation sites (tertiary alicyclic amines) is 1. The molecular weight excluding hydrogens is 352 g/mol. The first-order valence-electron chi connectivity index (χ1n) is 8.42. The molecule has 1 aromatic carbocycles. The molecule has 0 bridgehead atoms. The van der Waals surface area contributed by atoms with E-state index in [1.165, 1.54) is 16.2 Å². The second-order valence-corrected chi connectivity index (χ2v) is 7.11. The molecule has 1 N–H and O–H groups in total. The number of rotatable bonds is 5. The number of hydrogen-bond acceptors (Lipinski definition) is 5. The van der Waals surface area contributed by atoms with Crippen molar-refractivity contribution in [2.75, 3.05) is 18.5 Å². The lowest BCUT2D eigenvalue weighted by Crippen LogP contribution is -2.41. The molecule has 1 fully saturated rings. The van der Waals surface area contributed by atoms with Gasteiger partial charge in [0.15, 0.2) is 6.61 Å². The number of nitrogens with one attached hydrogen (secondary N) is 1. The first kappa shape index (κ1) is 18.1. The number of aryl methyl sites for hydroxylation is 1. The van der Waals surface area contributed by atoms with Crippen LogP contribution in [0, 0.1) is 6.92 Å². The molecule has 2 amide bonds. The van der Waals surface area contributed by atoms with Crippen molar-refractivity contribution in [3.05, 3.63) is 52.2 Å². The van der Waals surface area contributed by atoms with Crippen LogP contribution in [0.3, 0.4) is 0 Å². The third-order valence-electron chi connectivity index (χ3n) is 4.17. The normalized spacial score (nSPS) is 16.3. The van der Waals surface area contributed by atoms with Crippen molar-refractivity contribution in [1.29, 1.82) is 0 Å². The fourth-order valence-corrected chi connectivity index (χ4v) is 3.63. The van der Waals surface area contributed by atoms with E-state index in [9.17, 15) is 14.4 Å². The van der Waals surface area contributed by atoms with Crippen LogP contribution in [0.1, 0.15) is 28.1 Å². The van der Waals surface area contributed by atoms with Gasteiger partial charge in [-0.1, -0.05) is 18.2 Å². The maximum atomic E-state index is 12.5. The molecule has 2 aromatic rings. The molecule has 0 aliphatic carbocycles. The molecule has 0 spiro atoms. The molecule has 6 nitrogen and oxygen atoms in total. The molecule has 1 atom stereocenters. The fourth-order valence-electron chi connectivity index (χ4n) is 2.95. The summed E-state index contributed by atoms with van der Waals surface area (Å²) < 4.78 is 5.15. The summed E-state index contributed by atoms with van der Waals surface area (Å²) in [6.07, 6.45) is 1.29. The molecule has 0 saturated carbocycles. The largest absolute Gasteiger partial charge is 0.454 e. The van der Waals surface area contributed by atoms with Gasteiger partial charge < -0.3 is 15.0 Å². The van der Waals surface area contributed by atoms with E-state index >= 15 is 0 Å². The Bertz CT molecular complexity index is 804. The minimum Gasteiger partial charge on any atom is -0.454 e. The number of benzene rings is 1. The number of nitrogens with zero attached hydrogens (tertiary/aromatic N) is 1. The SMILES string of the molecule is Cc1cccc(NC(=O)COC(=O)[C@@H]2CCCN2C(=O)c2cccs2)c1. The highest BCUT2D eigenvalue weighted by molar-refractivity contribution is 7.12. The summed E-state index contributed by atoms with van der Waals surface area (Å²) in [6.45, 7) is 2.07. The fraction of sp³-hybridized carbons (Fsp3) is 0.316. The molecule has 1 saturated heterocycles. The predicted octanol–water partition coefficient (Wildman–Crippen LogP) is 2.84. The first-order chi connectivity index (χ1) is 12.5. The Kier molecular flexibility index (Phi) is 5.68. The van der Waals surface area contributed by atoms with Gasteiger partial charge in [-0.15, -0.1) is 11.3 Å². The Labute approximate surface area is 155 Å². The average molecular weight is 372 g/mol. The summed E-state index contributed by atoms with van der Waals surface area (Å²) >= 11 is 1.34. The second kappa shape index (κ2) is 8.14. The molecule has 3 rings (SSSR count). The van der Waals surface area contributed by atoms with Crippen molar-refractivity contribution in [2.24, 2.45) is 0 Å². The molecule has 1 aliphatic rings. The highest BCUT2D eigenvalue weighted by atomic mass is 32.1. The molecule has 7 heteroatoms. The zero-order valence-electron chi connectivity index (χ0n) is 14.4. The maximum absolute atomic E-state index is 12.5. The van der Waals surface area contributed by atoms with Gasteiger partial charge in [-0.3, -0.25) is 9.59 Å². The lowest BCUT2D eigenvalue weighted by atomic mass is 10.2. The average Bonchev–Trinajstić information content (AvgIpc) is 3.30. The zero-order valence-corrected chi connectivity index (χ0v) is 15.3. The molecule has 1 aromatic heterocycles. The smallest absolute Gasteiger partial charge is 0.329 e. The van der Waals surface area contributed by atoms with Gasteiger partial charge in [0, 0.05) is 12.2 Å². The van der Waals surface area contributed by atoms with E-state index < -0.39 is 17.9 Å². The van der Waals surface area contributed by atoms with E-state index in [4.69, 9.17) is 4.74 Å². The molecule has 2 heterocycles. The van der Waals surface area contributed by atoms with E-state index in [0.717, 1.165) is 12.0 Å². The summed E-state index contributed by atoms with van der Waals surface area (Å²) in [5.74, 6) is -1.10. The Morgan fingerprint density at radius 1 is 1.27 bits per heavy atom. The van der Waals surface area contributed by atoms with Crippen LogP contribution in [-0.4, -0.2) is 41.9 Å². The topological polar surface area (TPSA) is 75.7 Å². The summed E-state index contributed by atoms with van der Waals surface area (Å²) in [5.41, 5.74) is 1.68. The third-order valence-corrected chi connectivity index (χ3v) is 5.02. The van der Waals surface area contributed by atoms with Crippen LogP contribution in [-0.2, 0) is 14.3 Å². The third kappa shape index (κ3) is 4.29.